The van der Waals surface area contributed by atoms with Crippen LogP contribution in [0.3, 0.4) is 0 Å². The number of carbonyl (C=O) groups is 1. The Hall–Kier alpha value is -2.21. The van der Waals surface area contributed by atoms with Crippen molar-refractivity contribution in [3.63, 3.8) is 0 Å². The van der Waals surface area contributed by atoms with Crippen molar-refractivity contribution in [3.8, 4) is 0 Å². The number of rotatable bonds is 9. The lowest BCUT2D eigenvalue weighted by molar-refractivity contribution is -0.946. The molecule has 0 N–H and O–H groups in total. The first-order valence-corrected chi connectivity index (χ1v) is 13.6. The number of nitrogens with zero attached hydrogens (tertiary/aromatic N) is 2. The minimum Gasteiger partial charge on any atom is -0.454 e. The standard InChI is InChI=1S/C30H41N2O3/c1-30(27-13-7-3-8-14-27,31-17-9-4-10-18-31)29(33)35-28-23-32(19-15-26(28)16-20-32)21-22-34-24-25-11-5-2-6-12-25/h2-3,5-8,11-14,26,28H,4,9-10,15-24H2,1H3/q+1/t26?,28-,30+,32?/m1/s1. The molecule has 4 fully saturated rings. The summed E-state index contributed by atoms with van der Waals surface area (Å²) >= 11 is 0. The highest BCUT2D eigenvalue weighted by Gasteiger charge is 2.50. The number of likely N-dealkylation sites (tertiary alicyclic amines) is 1. The largest absolute Gasteiger partial charge is 0.454 e. The monoisotopic (exact) mass is 477 g/mol. The van der Waals surface area contributed by atoms with Crippen LogP contribution in [-0.4, -0.2) is 67.3 Å². The fraction of sp³-hybridized carbons (Fsp3) is 0.567. The molecule has 35 heavy (non-hydrogen) atoms. The molecule has 2 aromatic rings. The maximum atomic E-state index is 13.9. The summed E-state index contributed by atoms with van der Waals surface area (Å²) in [5.74, 6) is 0.424. The van der Waals surface area contributed by atoms with E-state index in [0.29, 0.717) is 12.5 Å². The van der Waals surface area contributed by atoms with Gasteiger partial charge in [0.1, 0.15) is 18.6 Å². The van der Waals surface area contributed by atoms with Crippen LogP contribution in [0.25, 0.3) is 0 Å². The van der Waals surface area contributed by atoms with Crippen molar-refractivity contribution in [3.05, 3.63) is 71.8 Å². The van der Waals surface area contributed by atoms with Crippen LogP contribution in [0.5, 0.6) is 0 Å². The molecule has 0 saturated carbocycles. The van der Waals surface area contributed by atoms with Gasteiger partial charge in [-0.1, -0.05) is 67.1 Å². The van der Waals surface area contributed by atoms with Gasteiger partial charge < -0.3 is 14.0 Å². The number of piperidine rings is 4. The molecule has 5 nitrogen and oxygen atoms in total. The number of ether oxygens (including phenoxy) is 2. The lowest BCUT2D eigenvalue weighted by atomic mass is 9.82. The molecule has 4 heterocycles. The number of esters is 1. The van der Waals surface area contributed by atoms with Gasteiger partial charge in [-0.25, -0.2) is 4.79 Å². The molecule has 6 rings (SSSR count). The van der Waals surface area contributed by atoms with E-state index in [-0.39, 0.29) is 12.1 Å². The van der Waals surface area contributed by atoms with Crippen LogP contribution in [0, 0.1) is 5.92 Å². The van der Waals surface area contributed by atoms with E-state index in [2.05, 4.69) is 48.2 Å². The van der Waals surface area contributed by atoms with Crippen molar-refractivity contribution in [1.82, 2.24) is 4.90 Å². The number of fused-ring (bicyclic) bond motifs is 3. The molecule has 0 unspecified atom stereocenters. The summed E-state index contributed by atoms with van der Waals surface area (Å²) < 4.78 is 13.5. The zero-order valence-electron chi connectivity index (χ0n) is 21.2. The van der Waals surface area contributed by atoms with Gasteiger partial charge in [0.2, 0.25) is 0 Å². The second-order valence-corrected chi connectivity index (χ2v) is 11.0. The highest BCUT2D eigenvalue weighted by atomic mass is 16.5. The van der Waals surface area contributed by atoms with Crippen LogP contribution in [0.15, 0.2) is 60.7 Å². The van der Waals surface area contributed by atoms with Crippen LogP contribution in [0.4, 0.5) is 0 Å². The third-order valence-electron chi connectivity index (χ3n) is 8.84. The summed E-state index contributed by atoms with van der Waals surface area (Å²) in [7, 11) is 0. The van der Waals surface area contributed by atoms with E-state index in [1.165, 1.54) is 25.1 Å². The van der Waals surface area contributed by atoms with Crippen LogP contribution in [0.1, 0.15) is 50.2 Å². The normalized spacial score (nSPS) is 28.4. The van der Waals surface area contributed by atoms with E-state index in [9.17, 15) is 4.79 Å². The quantitative estimate of drug-likeness (QED) is 0.297. The zero-order valence-corrected chi connectivity index (χ0v) is 21.2. The number of benzene rings is 2. The Morgan fingerprint density at radius 2 is 1.63 bits per heavy atom. The molecule has 2 atom stereocenters. The Labute approximate surface area is 210 Å². The van der Waals surface area contributed by atoms with Crippen molar-refractivity contribution in [2.75, 3.05) is 45.9 Å². The molecule has 0 aliphatic carbocycles. The summed E-state index contributed by atoms with van der Waals surface area (Å²) in [5, 5.41) is 0. The van der Waals surface area contributed by atoms with Crippen molar-refractivity contribution in [2.45, 2.75) is 57.3 Å². The predicted molar refractivity (Wildman–Crippen MR) is 138 cm³/mol. The van der Waals surface area contributed by atoms with E-state index in [4.69, 9.17) is 9.47 Å². The summed E-state index contributed by atoms with van der Waals surface area (Å²) in [5.41, 5.74) is 1.54. The van der Waals surface area contributed by atoms with E-state index in [1.807, 2.05) is 24.3 Å². The second kappa shape index (κ2) is 10.8. The van der Waals surface area contributed by atoms with E-state index in [0.717, 1.165) is 68.5 Å². The van der Waals surface area contributed by atoms with Gasteiger partial charge in [-0.15, -0.1) is 0 Å². The van der Waals surface area contributed by atoms with Gasteiger partial charge in [0.05, 0.1) is 26.3 Å². The second-order valence-electron chi connectivity index (χ2n) is 11.0. The Kier molecular flexibility index (Phi) is 7.56. The van der Waals surface area contributed by atoms with Crippen molar-refractivity contribution < 1.29 is 18.8 Å². The lowest BCUT2D eigenvalue weighted by Crippen LogP contribution is -2.66. The Morgan fingerprint density at radius 1 is 0.971 bits per heavy atom. The van der Waals surface area contributed by atoms with E-state index >= 15 is 0 Å². The first-order chi connectivity index (χ1) is 17.1. The molecule has 188 valence electrons. The minimum atomic E-state index is -0.725. The molecule has 4 saturated heterocycles. The molecule has 2 bridgehead atoms. The average Bonchev–Trinajstić information content (AvgIpc) is 2.93. The van der Waals surface area contributed by atoms with Crippen molar-refractivity contribution >= 4 is 5.97 Å². The first kappa shape index (κ1) is 24.5. The van der Waals surface area contributed by atoms with Gasteiger partial charge in [0.25, 0.3) is 0 Å². The van der Waals surface area contributed by atoms with Crippen molar-refractivity contribution in [1.29, 1.82) is 0 Å². The van der Waals surface area contributed by atoms with Crippen molar-refractivity contribution in [2.24, 2.45) is 5.92 Å². The highest BCUT2D eigenvalue weighted by Crippen LogP contribution is 2.38. The molecule has 2 aromatic carbocycles. The summed E-state index contributed by atoms with van der Waals surface area (Å²) in [6.45, 7) is 9.67. The maximum absolute atomic E-state index is 13.9. The fourth-order valence-electron chi connectivity index (χ4n) is 6.48. The SMILES string of the molecule is C[C@@](C(=O)O[C@@H]1C[N+]2(CCOCc3ccccc3)CCC1CC2)(c1ccccc1)N1CCCCC1. The molecule has 0 aromatic heterocycles. The fourth-order valence-corrected chi connectivity index (χ4v) is 6.48. The van der Waals surface area contributed by atoms with E-state index in [1.54, 1.807) is 0 Å². The van der Waals surface area contributed by atoms with Gasteiger partial charge in [-0.2, -0.15) is 0 Å². The molecule has 0 spiro atoms. The minimum absolute atomic E-state index is 0.00644. The average molecular weight is 478 g/mol. The Bertz CT molecular complexity index is 952. The van der Waals surface area contributed by atoms with Crippen LogP contribution in [0.2, 0.25) is 0 Å². The predicted octanol–water partition coefficient (Wildman–Crippen LogP) is 4.76. The molecular weight excluding hydrogens is 436 g/mol. The van der Waals surface area contributed by atoms with Gasteiger partial charge in [-0.3, -0.25) is 4.90 Å². The first-order valence-electron chi connectivity index (χ1n) is 13.6. The number of quaternary nitrogens is 1. The molecule has 0 radical (unpaired) electrons. The Morgan fingerprint density at radius 3 is 2.31 bits per heavy atom. The third kappa shape index (κ3) is 5.32. The number of hydrogen-bond donors (Lipinski definition) is 0. The summed E-state index contributed by atoms with van der Waals surface area (Å²) in [6, 6.07) is 20.6. The maximum Gasteiger partial charge on any atom is 0.331 e. The van der Waals surface area contributed by atoms with Gasteiger partial charge in [0.15, 0.2) is 6.10 Å². The van der Waals surface area contributed by atoms with E-state index < -0.39 is 5.54 Å². The Balaban J connectivity index is 1.24. The summed E-state index contributed by atoms with van der Waals surface area (Å²) in [6.07, 6.45) is 5.82. The third-order valence-corrected chi connectivity index (χ3v) is 8.84. The molecule has 4 aliphatic heterocycles. The van der Waals surface area contributed by atoms with Crippen LogP contribution >= 0.6 is 0 Å². The smallest absolute Gasteiger partial charge is 0.331 e. The molecule has 4 aliphatic rings. The topological polar surface area (TPSA) is 38.8 Å². The number of hydrogen-bond acceptors (Lipinski definition) is 4. The molecule has 5 heteroatoms. The molecule has 0 amide bonds. The lowest BCUT2D eigenvalue weighted by Gasteiger charge is -2.52. The zero-order chi connectivity index (χ0) is 24.1. The molecular formula is C30H41N2O3+. The van der Waals surface area contributed by atoms with Crippen LogP contribution < -0.4 is 0 Å². The summed E-state index contributed by atoms with van der Waals surface area (Å²) in [4.78, 5) is 16.3. The van der Waals surface area contributed by atoms with Gasteiger partial charge >= 0.3 is 5.97 Å². The highest BCUT2D eigenvalue weighted by molar-refractivity contribution is 5.82. The van der Waals surface area contributed by atoms with Gasteiger partial charge in [-0.05, 0) is 44.0 Å². The van der Waals surface area contributed by atoms with Gasteiger partial charge in [0, 0.05) is 18.8 Å². The van der Waals surface area contributed by atoms with Crippen LogP contribution in [-0.2, 0) is 26.4 Å². The number of carbonyl (C=O) groups excluding carboxylic acids is 1.